The normalized spacial score (nSPS) is 14.8. The van der Waals surface area contributed by atoms with Gasteiger partial charge >= 0.3 is 0 Å². The summed E-state index contributed by atoms with van der Waals surface area (Å²) >= 11 is 0. The van der Waals surface area contributed by atoms with Gasteiger partial charge in [0.25, 0.3) is 0 Å². The molecule has 0 fully saturated rings. The lowest BCUT2D eigenvalue weighted by Gasteiger charge is -2.13. The van der Waals surface area contributed by atoms with Gasteiger partial charge < -0.3 is 79.8 Å². The number of pyridine rings is 12. The van der Waals surface area contributed by atoms with Crippen LogP contribution in [0.25, 0.3) is 93.8 Å². The molecule has 0 radical (unpaired) electrons. The van der Waals surface area contributed by atoms with Crippen molar-refractivity contribution in [1.29, 1.82) is 0 Å². The fourth-order valence-corrected chi connectivity index (χ4v) is 18.9. The highest BCUT2D eigenvalue weighted by molar-refractivity contribution is 6.00. The second-order valence-electron chi connectivity index (χ2n) is 36.2. The third-order valence-electron chi connectivity index (χ3n) is 26.7. The first-order valence-corrected chi connectivity index (χ1v) is 46.0. The molecule has 41 heteroatoms. The largest absolute Gasteiger partial charge is 0.383 e. The van der Waals surface area contributed by atoms with Crippen LogP contribution in [-0.4, -0.2) is 182 Å². The van der Waals surface area contributed by atoms with E-state index in [1.54, 1.807) is 48.6 Å². The Hall–Kier alpha value is -18.3. The molecule has 0 saturated heterocycles. The topological polar surface area (TPSA) is 517 Å². The molecule has 25 heterocycles. The van der Waals surface area contributed by atoms with Crippen molar-refractivity contribution in [3.63, 3.8) is 0 Å². The molecule has 0 atom stereocenters. The number of nitrogens with two attached hydrogens (primary N) is 4. The number of fused-ring (bicyclic) bond motifs is 13. The molecule has 41 nitrogen and oxygen atoms in total. The van der Waals surface area contributed by atoms with Crippen LogP contribution in [0.15, 0.2) is 178 Å². The molecule has 17 aromatic rings. The minimum absolute atomic E-state index is 0.0383. The number of hydrogen-bond acceptors (Lipinski definition) is 33. The molecule has 0 saturated carbocycles. The number of nitrogen functional groups attached to an aromatic ring is 4. The number of amides is 3. The number of aryl methyl sites for hydroxylation is 2. The van der Waals surface area contributed by atoms with Gasteiger partial charge in [0, 0.05) is 262 Å². The first kappa shape index (κ1) is 88.0. The highest BCUT2D eigenvalue weighted by Crippen LogP contribution is 2.44. The van der Waals surface area contributed by atoms with E-state index in [2.05, 4.69) is 172 Å². The molecule has 25 rings (SSSR count). The number of allylic oxidation sites excluding steroid dienone is 3. The van der Waals surface area contributed by atoms with E-state index in [0.717, 1.165) is 265 Å². The highest BCUT2D eigenvalue weighted by Gasteiger charge is 2.31. The van der Waals surface area contributed by atoms with Crippen molar-refractivity contribution in [3.8, 4) is 45.0 Å². The van der Waals surface area contributed by atoms with Gasteiger partial charge in [-0.1, -0.05) is 26.3 Å². The van der Waals surface area contributed by atoms with E-state index >= 15 is 0 Å². The summed E-state index contributed by atoms with van der Waals surface area (Å²) in [6, 6.07) is 23.7. The number of hydrogen-bond donors (Lipinski definition) is 13. The number of anilines is 16. The molecule has 0 spiro atoms. The average molecular weight is 1880 g/mol. The van der Waals surface area contributed by atoms with Gasteiger partial charge in [0.2, 0.25) is 17.7 Å². The average Bonchev–Trinajstić information content (AvgIpc) is 1.64. The maximum atomic E-state index is 12.2. The van der Waals surface area contributed by atoms with E-state index in [0.29, 0.717) is 90.2 Å². The first-order valence-electron chi connectivity index (χ1n) is 46.0. The summed E-state index contributed by atoms with van der Waals surface area (Å²) in [5.41, 5.74) is 55.0. The molecule has 17 aromatic heterocycles. The molecule has 17 N–H and O–H groups in total. The van der Waals surface area contributed by atoms with Gasteiger partial charge in [0.05, 0.1) is 74.8 Å². The van der Waals surface area contributed by atoms with Crippen molar-refractivity contribution in [2.45, 2.75) is 105 Å². The van der Waals surface area contributed by atoms with E-state index in [1.165, 1.54) is 0 Å². The van der Waals surface area contributed by atoms with Crippen LogP contribution in [0.5, 0.6) is 0 Å². The Bertz CT molecular complexity index is 8200. The number of likely N-dealkylation sites (N-methyl/N-ethyl adjacent to an activating group) is 2. The number of nitrogens with zero attached hydrogens (tertiary/aromatic N) is 25. The molecule has 8 aliphatic heterocycles. The van der Waals surface area contributed by atoms with E-state index in [1.807, 2.05) is 156 Å². The van der Waals surface area contributed by atoms with E-state index in [4.69, 9.17) is 28.0 Å². The summed E-state index contributed by atoms with van der Waals surface area (Å²) in [6.45, 7) is 28.5. The number of aromatic nitrogens is 22. The highest BCUT2D eigenvalue weighted by atomic mass is 16.2. The maximum Gasteiger partial charge on any atom is 0.244 e. The molecule has 141 heavy (non-hydrogen) atoms. The molecule has 0 bridgehead atoms. The standard InChI is InChI=1S/C26H24N10.C25H26N10O.C25H25N9O.C24H23N9O/c1-14-7-21-25(31-14)15(2)18(11-29-21)20-8-16-9-22(30-12-19(16)26(27)32-20)33-23-10-17-3-5-35-6-4-28-24(35)13-36(17)34-23;1-13-17(10-28-24-14(2)34(4)32-23(13)24)19-7-15-8-20(27-11-18(15)25(26)29-19)30-21-9-16-5-6-33(3)22(36)12-35(16)31-21;1-13-6-20-24(29-13)14(2)17(10-27-20)19-7-15-8-21(28-11-18(15)25(26)30-19)31-22-9-16-4-5-33(3)23(35)12-34(16)32-22;1-12-5-19-23(29-12)13(2)16(9-27-19)18-6-14-7-20(28-10-17(14)24(25)30-18)31-21-8-15-3-4-26-22(34)11-33(15)32-21/h4,6,8-12,31H,1,3,5,7,13H2,2H3,(H2,27,32)(H,30,33,34);7-11,32H,2,5-6,12H2,1,3-4H3,(H2,26,29)(H,27,30,31);7-11,29H,1,4-6,12H2,2-3H3,(H2,26,30)(H,28,31,32);6-10,29H,1,3-5,11H2,2H3,(H2,25,30)(H,26,34)(H,28,31,32). The number of carbonyl (C=O) groups excluding carboxylic acids is 3. The van der Waals surface area contributed by atoms with Crippen molar-refractivity contribution in [2.75, 3.05) is 106 Å². The zero-order valence-electron chi connectivity index (χ0n) is 78.4. The summed E-state index contributed by atoms with van der Waals surface area (Å²) in [4.78, 5) is 99.2. The molecule has 0 unspecified atom stereocenters. The molecule has 0 aromatic carbocycles. The summed E-state index contributed by atoms with van der Waals surface area (Å²) in [6.07, 6.45) is 23.4. The first-order chi connectivity index (χ1) is 68.1. The minimum atomic E-state index is -0.0383. The lowest BCUT2D eigenvalue weighted by Crippen LogP contribution is -2.29. The third kappa shape index (κ3) is 16.9. The minimum Gasteiger partial charge on any atom is -0.383 e. The second-order valence-corrected chi connectivity index (χ2v) is 36.2. The molecule has 706 valence electrons. The van der Waals surface area contributed by atoms with Crippen LogP contribution in [-0.2, 0) is 92.1 Å². The van der Waals surface area contributed by atoms with E-state index < -0.39 is 0 Å². The van der Waals surface area contributed by atoms with Crippen LogP contribution in [0.1, 0.15) is 73.6 Å². The molecular formula is C100H98N38O3. The van der Waals surface area contributed by atoms with E-state index in [-0.39, 0.29) is 37.4 Å². The summed E-state index contributed by atoms with van der Waals surface area (Å²) in [5.74, 6) is 7.98. The second kappa shape index (κ2) is 35.1. The van der Waals surface area contributed by atoms with E-state index in [9.17, 15) is 14.4 Å². The Kier molecular flexibility index (Phi) is 21.9. The Morgan fingerprint density at radius 2 is 0.709 bits per heavy atom. The van der Waals surface area contributed by atoms with Gasteiger partial charge in [-0.15, -0.1) is 0 Å². The van der Waals surface area contributed by atoms with Crippen molar-refractivity contribution in [1.82, 2.24) is 129 Å². The van der Waals surface area contributed by atoms with Crippen LogP contribution >= 0.6 is 0 Å². The van der Waals surface area contributed by atoms with Crippen molar-refractivity contribution < 1.29 is 14.4 Å². The zero-order chi connectivity index (χ0) is 97.2. The smallest absolute Gasteiger partial charge is 0.244 e. The summed E-state index contributed by atoms with van der Waals surface area (Å²) in [5, 5.41) is 53.0. The Morgan fingerprint density at radius 3 is 1.09 bits per heavy atom. The lowest BCUT2D eigenvalue weighted by molar-refractivity contribution is -0.131. The van der Waals surface area contributed by atoms with Crippen LogP contribution in [0.3, 0.4) is 0 Å². The predicted molar refractivity (Wildman–Crippen MR) is 544 cm³/mol. The Balaban J connectivity index is 0.000000108. The number of carbonyl (C=O) groups is 3. The number of hydrazine groups is 1. The van der Waals surface area contributed by atoms with Crippen molar-refractivity contribution >= 4 is 159 Å². The summed E-state index contributed by atoms with van der Waals surface area (Å²) < 4.78 is 9.40. The Morgan fingerprint density at radius 1 is 0.369 bits per heavy atom. The molecule has 3 amide bonds. The molecular weight excluding hydrogens is 1780 g/mol. The Labute approximate surface area is 806 Å². The molecule has 8 aliphatic rings. The van der Waals surface area contributed by atoms with Crippen LogP contribution < -0.4 is 70.9 Å². The maximum absolute atomic E-state index is 12.2. The van der Waals surface area contributed by atoms with Crippen LogP contribution in [0.4, 0.5) is 92.6 Å². The van der Waals surface area contributed by atoms with Gasteiger partial charge in [-0.05, 0) is 120 Å². The van der Waals surface area contributed by atoms with Gasteiger partial charge in [0.1, 0.15) is 77.7 Å². The SMILES string of the molecule is C=C1Cc2ncc(-c3cc4cc(Nc5cc6n(n5)CC(=O)N(C)CC6)ncc4c(N)n3)c(C)c2N1.C=C1Cc2ncc(-c3cc4cc(Nc5cc6n(n5)CC(=O)NCC6)ncc4c(N)n3)c(C)c2N1.C=C1Cc2ncc(-c3cc4cc(Nc5cc6n(n5)Cc5nccn5CC6)ncc4c(N)n3)c(C)c2N1.C=C1c2ncc(-c3cc4cc(Nc5cc6n(n5)CC(=O)N(C)CC6)ncc4c(N)n3)c(C)c2NN1C. The van der Waals surface area contributed by atoms with Gasteiger partial charge in [-0.2, -0.15) is 20.4 Å². The monoisotopic (exact) mass is 1880 g/mol. The zero-order valence-corrected chi connectivity index (χ0v) is 78.4. The quantitative estimate of drug-likeness (QED) is 0.0540. The lowest BCUT2D eigenvalue weighted by atomic mass is 10.0. The van der Waals surface area contributed by atoms with Crippen molar-refractivity contribution in [2.24, 2.45) is 0 Å². The molecule has 0 aliphatic carbocycles. The predicted octanol–water partition coefficient (Wildman–Crippen LogP) is 12.3. The number of nitrogens with one attached hydrogen (secondary N) is 9. The van der Waals surface area contributed by atoms with Gasteiger partial charge in [-0.3, -0.25) is 63.5 Å². The fraction of sp³-hybridized carbons (Fsp3) is 0.220. The third-order valence-corrected chi connectivity index (χ3v) is 26.7. The van der Waals surface area contributed by atoms with Crippen LogP contribution in [0, 0.1) is 27.7 Å². The van der Waals surface area contributed by atoms with Crippen molar-refractivity contribution in [3.05, 3.63) is 252 Å². The summed E-state index contributed by atoms with van der Waals surface area (Å²) in [7, 11) is 5.54. The fourth-order valence-electron chi connectivity index (χ4n) is 18.9. The van der Waals surface area contributed by atoms with Crippen LogP contribution in [0.2, 0.25) is 0 Å². The van der Waals surface area contributed by atoms with Gasteiger partial charge in [-0.25, -0.2) is 44.9 Å². The van der Waals surface area contributed by atoms with Gasteiger partial charge in [0.15, 0.2) is 23.3 Å². The number of imidazole rings is 1. The number of rotatable bonds is 12.